The molecule has 1 aromatic heterocycles. The Morgan fingerprint density at radius 3 is 2.85 bits per heavy atom. The van der Waals surface area contributed by atoms with Crippen molar-refractivity contribution in [3.63, 3.8) is 0 Å². The molecule has 4 heteroatoms. The van der Waals surface area contributed by atoms with Crippen LogP contribution in [0.3, 0.4) is 0 Å². The molecule has 0 unspecified atom stereocenters. The Kier molecular flexibility index (Phi) is 5.53. The molecule has 0 saturated heterocycles. The Morgan fingerprint density at radius 1 is 1.30 bits per heavy atom. The molecule has 2 aromatic rings. The quantitative estimate of drug-likeness (QED) is 0.788. The van der Waals surface area contributed by atoms with Crippen molar-refractivity contribution < 1.29 is 4.79 Å². The van der Waals surface area contributed by atoms with Gasteiger partial charge < -0.3 is 5.32 Å². The molecule has 0 bridgehead atoms. The Morgan fingerprint density at radius 2 is 2.10 bits per heavy atom. The fourth-order valence-electron chi connectivity index (χ4n) is 1.99. The summed E-state index contributed by atoms with van der Waals surface area (Å²) in [5.41, 5.74) is 1.09. The zero-order valence-corrected chi connectivity index (χ0v) is 13.0. The smallest absolute Gasteiger partial charge is 0.220 e. The van der Waals surface area contributed by atoms with E-state index in [1.807, 2.05) is 12.1 Å². The topological polar surface area (TPSA) is 42.0 Å². The third-order valence-electron chi connectivity index (χ3n) is 3.09. The summed E-state index contributed by atoms with van der Waals surface area (Å²) in [7, 11) is 0. The van der Waals surface area contributed by atoms with Crippen molar-refractivity contribution in [1.82, 2.24) is 10.3 Å². The second kappa shape index (κ2) is 7.39. The summed E-state index contributed by atoms with van der Waals surface area (Å²) >= 11 is 1.76. The number of carbonyl (C=O) groups excluding carboxylic acids is 1. The molecular weight excluding hydrogens is 268 g/mol. The van der Waals surface area contributed by atoms with Crippen molar-refractivity contribution in [3.8, 4) is 0 Å². The molecule has 0 aliphatic carbocycles. The van der Waals surface area contributed by atoms with Crippen molar-refractivity contribution in [1.29, 1.82) is 0 Å². The van der Waals surface area contributed by atoms with Gasteiger partial charge in [-0.15, -0.1) is 11.3 Å². The van der Waals surface area contributed by atoms with Gasteiger partial charge in [-0.2, -0.15) is 0 Å². The maximum Gasteiger partial charge on any atom is 0.220 e. The highest BCUT2D eigenvalue weighted by atomic mass is 32.1. The standard InChI is InChI=1S/C16H22N2OS/c1-12(2)11-17-15(19)9-5-6-10-16-18-13-7-3-4-8-14(13)20-16/h3-4,7-8,12H,5-6,9-11H2,1-2H3,(H,17,19). The van der Waals surface area contributed by atoms with Crippen LogP contribution < -0.4 is 5.32 Å². The van der Waals surface area contributed by atoms with E-state index in [1.54, 1.807) is 11.3 Å². The van der Waals surface area contributed by atoms with Crippen molar-refractivity contribution in [2.75, 3.05) is 6.54 Å². The van der Waals surface area contributed by atoms with Gasteiger partial charge in [-0.1, -0.05) is 26.0 Å². The van der Waals surface area contributed by atoms with E-state index in [0.29, 0.717) is 12.3 Å². The number of amides is 1. The number of benzene rings is 1. The maximum absolute atomic E-state index is 11.6. The van der Waals surface area contributed by atoms with Crippen molar-refractivity contribution in [2.45, 2.75) is 39.5 Å². The first kappa shape index (κ1) is 15.0. The number of aromatic nitrogens is 1. The van der Waals surface area contributed by atoms with Gasteiger partial charge in [-0.25, -0.2) is 4.98 Å². The Balaban J connectivity index is 1.69. The molecule has 2 rings (SSSR count). The van der Waals surface area contributed by atoms with E-state index in [1.165, 1.54) is 9.71 Å². The normalized spacial score (nSPS) is 11.2. The number of carbonyl (C=O) groups is 1. The highest BCUT2D eigenvalue weighted by molar-refractivity contribution is 7.18. The summed E-state index contributed by atoms with van der Waals surface area (Å²) in [6, 6.07) is 8.22. The van der Waals surface area contributed by atoms with Gasteiger partial charge >= 0.3 is 0 Å². The molecule has 0 radical (unpaired) electrons. The number of aryl methyl sites for hydroxylation is 1. The van der Waals surface area contributed by atoms with Crippen LogP contribution in [0.25, 0.3) is 10.2 Å². The lowest BCUT2D eigenvalue weighted by Crippen LogP contribution is -2.26. The van der Waals surface area contributed by atoms with Crippen molar-refractivity contribution >= 4 is 27.5 Å². The Bertz CT molecular complexity index is 529. The monoisotopic (exact) mass is 290 g/mol. The fourth-order valence-corrected chi connectivity index (χ4v) is 3.00. The lowest BCUT2D eigenvalue weighted by atomic mass is 10.2. The maximum atomic E-state index is 11.6. The van der Waals surface area contributed by atoms with Crippen LogP contribution in [0.5, 0.6) is 0 Å². The Labute approximate surface area is 124 Å². The van der Waals surface area contributed by atoms with Crippen LogP contribution in [0.4, 0.5) is 0 Å². The van der Waals surface area contributed by atoms with E-state index >= 15 is 0 Å². The summed E-state index contributed by atoms with van der Waals surface area (Å²) in [5.74, 6) is 0.685. The minimum Gasteiger partial charge on any atom is -0.356 e. The van der Waals surface area contributed by atoms with Gasteiger partial charge in [0.15, 0.2) is 0 Å². The second-order valence-electron chi connectivity index (χ2n) is 5.48. The molecule has 0 atom stereocenters. The van der Waals surface area contributed by atoms with Crippen LogP contribution in [0.15, 0.2) is 24.3 Å². The summed E-state index contributed by atoms with van der Waals surface area (Å²) in [6.07, 6.45) is 3.54. The minimum absolute atomic E-state index is 0.169. The molecule has 1 N–H and O–H groups in total. The lowest BCUT2D eigenvalue weighted by molar-refractivity contribution is -0.121. The van der Waals surface area contributed by atoms with Gasteiger partial charge in [-0.3, -0.25) is 4.79 Å². The van der Waals surface area contributed by atoms with E-state index in [-0.39, 0.29) is 5.91 Å². The zero-order chi connectivity index (χ0) is 14.4. The zero-order valence-electron chi connectivity index (χ0n) is 12.2. The average molecular weight is 290 g/mol. The van der Waals surface area contributed by atoms with Crippen LogP contribution in [-0.2, 0) is 11.2 Å². The van der Waals surface area contributed by atoms with Crippen molar-refractivity contribution in [2.24, 2.45) is 5.92 Å². The van der Waals surface area contributed by atoms with Crippen LogP contribution in [-0.4, -0.2) is 17.4 Å². The van der Waals surface area contributed by atoms with E-state index in [9.17, 15) is 4.79 Å². The first-order valence-corrected chi connectivity index (χ1v) is 8.08. The summed E-state index contributed by atoms with van der Waals surface area (Å²) in [4.78, 5) is 16.2. The van der Waals surface area contributed by atoms with Crippen molar-refractivity contribution in [3.05, 3.63) is 29.3 Å². The number of fused-ring (bicyclic) bond motifs is 1. The van der Waals surface area contributed by atoms with Gasteiger partial charge in [0.25, 0.3) is 0 Å². The number of thiazole rings is 1. The lowest BCUT2D eigenvalue weighted by Gasteiger charge is -2.06. The van der Waals surface area contributed by atoms with E-state index in [4.69, 9.17) is 0 Å². The SMILES string of the molecule is CC(C)CNC(=O)CCCCc1nc2ccccc2s1. The summed E-state index contributed by atoms with van der Waals surface area (Å²) in [5, 5.41) is 4.13. The van der Waals surface area contributed by atoms with Gasteiger partial charge in [0.1, 0.15) is 0 Å². The number of unbranched alkanes of at least 4 members (excludes halogenated alkanes) is 1. The fraction of sp³-hybridized carbons (Fsp3) is 0.500. The van der Waals surface area contributed by atoms with Crippen LogP contribution in [0.1, 0.15) is 38.1 Å². The number of hydrogen-bond donors (Lipinski definition) is 1. The van der Waals surface area contributed by atoms with E-state index in [2.05, 4.69) is 36.3 Å². The molecule has 108 valence electrons. The average Bonchev–Trinajstić information content (AvgIpc) is 2.84. The molecule has 0 aliphatic rings. The molecule has 1 heterocycles. The molecule has 1 aromatic carbocycles. The van der Waals surface area contributed by atoms with Crippen LogP contribution in [0, 0.1) is 5.92 Å². The second-order valence-corrected chi connectivity index (χ2v) is 6.60. The Hall–Kier alpha value is -1.42. The third kappa shape index (κ3) is 4.60. The predicted molar refractivity (Wildman–Crippen MR) is 85.0 cm³/mol. The first-order valence-electron chi connectivity index (χ1n) is 7.26. The van der Waals surface area contributed by atoms with E-state index < -0.39 is 0 Å². The molecule has 0 saturated carbocycles. The van der Waals surface area contributed by atoms with Gasteiger partial charge in [0.05, 0.1) is 15.2 Å². The molecule has 0 spiro atoms. The number of nitrogens with one attached hydrogen (secondary N) is 1. The van der Waals surface area contributed by atoms with Crippen LogP contribution in [0.2, 0.25) is 0 Å². The van der Waals surface area contributed by atoms with E-state index in [0.717, 1.165) is 31.3 Å². The third-order valence-corrected chi connectivity index (χ3v) is 4.19. The largest absolute Gasteiger partial charge is 0.356 e. The molecular formula is C16H22N2OS. The molecule has 20 heavy (non-hydrogen) atoms. The number of nitrogens with zero attached hydrogens (tertiary/aromatic N) is 1. The summed E-state index contributed by atoms with van der Waals surface area (Å²) < 4.78 is 1.25. The van der Waals surface area contributed by atoms with Crippen LogP contribution >= 0.6 is 11.3 Å². The molecule has 0 fully saturated rings. The molecule has 0 aliphatic heterocycles. The highest BCUT2D eigenvalue weighted by Gasteiger charge is 2.05. The predicted octanol–water partition coefficient (Wildman–Crippen LogP) is 3.78. The molecule has 1 amide bonds. The first-order chi connectivity index (χ1) is 9.65. The number of hydrogen-bond acceptors (Lipinski definition) is 3. The van der Waals surface area contributed by atoms with Gasteiger partial charge in [-0.05, 0) is 37.3 Å². The number of rotatable bonds is 7. The molecule has 3 nitrogen and oxygen atoms in total. The highest BCUT2D eigenvalue weighted by Crippen LogP contribution is 2.22. The van der Waals surface area contributed by atoms with Gasteiger partial charge in [0.2, 0.25) is 5.91 Å². The minimum atomic E-state index is 0.169. The number of para-hydroxylation sites is 1. The van der Waals surface area contributed by atoms with Gasteiger partial charge in [0, 0.05) is 13.0 Å². The summed E-state index contributed by atoms with van der Waals surface area (Å²) in [6.45, 7) is 4.98.